The Morgan fingerprint density at radius 1 is 1.40 bits per heavy atom. The van der Waals surface area contributed by atoms with Crippen LogP contribution in [0.25, 0.3) is 0 Å². The number of ether oxygens (including phenoxy) is 1. The van der Waals surface area contributed by atoms with Gasteiger partial charge in [0.15, 0.2) is 5.69 Å². The molecule has 0 aliphatic carbocycles. The minimum absolute atomic E-state index is 0.0607. The van der Waals surface area contributed by atoms with E-state index in [4.69, 9.17) is 4.74 Å². The summed E-state index contributed by atoms with van der Waals surface area (Å²) in [4.78, 5) is 19.3. The van der Waals surface area contributed by atoms with Gasteiger partial charge in [-0.2, -0.15) is 4.98 Å². The van der Waals surface area contributed by atoms with E-state index >= 15 is 0 Å². The van der Waals surface area contributed by atoms with Crippen LogP contribution >= 0.6 is 0 Å². The van der Waals surface area contributed by atoms with Crippen molar-refractivity contribution < 1.29 is 9.53 Å². The normalized spacial score (nSPS) is 11.9. The molecule has 0 aliphatic rings. The number of amides is 1. The topological polar surface area (TPSA) is 67.0 Å². The van der Waals surface area contributed by atoms with E-state index < -0.39 is 0 Å². The molecule has 2 aromatic rings. The van der Waals surface area contributed by atoms with Crippen LogP contribution in [0.15, 0.2) is 30.3 Å². The highest BCUT2D eigenvalue weighted by Gasteiger charge is 2.16. The van der Waals surface area contributed by atoms with Gasteiger partial charge in [-0.15, -0.1) is 0 Å². The van der Waals surface area contributed by atoms with E-state index in [1.165, 1.54) is 0 Å². The SMILES string of the molecule is CCC(C)Oc1nc(C(=O)Nc2ccccc2)c(C)[nH]1. The molecule has 106 valence electrons. The highest BCUT2D eigenvalue weighted by Crippen LogP contribution is 2.15. The molecule has 0 saturated heterocycles. The Labute approximate surface area is 118 Å². The van der Waals surface area contributed by atoms with Crippen LogP contribution in [0, 0.1) is 6.92 Å². The lowest BCUT2D eigenvalue weighted by atomic mass is 10.3. The van der Waals surface area contributed by atoms with E-state index in [0.29, 0.717) is 17.4 Å². The average Bonchev–Trinajstić information content (AvgIpc) is 2.80. The smallest absolute Gasteiger partial charge is 0.294 e. The minimum Gasteiger partial charge on any atom is -0.462 e. The largest absolute Gasteiger partial charge is 0.462 e. The van der Waals surface area contributed by atoms with Gasteiger partial charge in [0, 0.05) is 11.4 Å². The summed E-state index contributed by atoms with van der Waals surface area (Å²) < 4.78 is 5.58. The van der Waals surface area contributed by atoms with Crippen molar-refractivity contribution in [2.75, 3.05) is 5.32 Å². The van der Waals surface area contributed by atoms with E-state index in [9.17, 15) is 4.79 Å². The Morgan fingerprint density at radius 2 is 2.10 bits per heavy atom. The molecule has 0 spiro atoms. The number of carbonyl (C=O) groups is 1. The standard InChI is InChI=1S/C15H19N3O2/c1-4-10(2)20-15-16-11(3)13(18-15)14(19)17-12-8-6-5-7-9-12/h5-10H,4H2,1-3H3,(H,16,18)(H,17,19). The van der Waals surface area contributed by atoms with Crippen molar-refractivity contribution in [1.82, 2.24) is 9.97 Å². The molecule has 1 aromatic carbocycles. The Morgan fingerprint density at radius 3 is 2.75 bits per heavy atom. The van der Waals surface area contributed by atoms with Crippen molar-refractivity contribution in [3.63, 3.8) is 0 Å². The number of carbonyl (C=O) groups excluding carboxylic acids is 1. The first-order chi connectivity index (χ1) is 9.60. The molecule has 2 rings (SSSR count). The predicted molar refractivity (Wildman–Crippen MR) is 78.1 cm³/mol. The van der Waals surface area contributed by atoms with E-state index in [2.05, 4.69) is 15.3 Å². The van der Waals surface area contributed by atoms with Crippen LogP contribution in [0.3, 0.4) is 0 Å². The van der Waals surface area contributed by atoms with Crippen LogP contribution in [0.5, 0.6) is 6.01 Å². The first-order valence-electron chi connectivity index (χ1n) is 6.69. The van der Waals surface area contributed by atoms with Gasteiger partial charge < -0.3 is 15.0 Å². The monoisotopic (exact) mass is 273 g/mol. The van der Waals surface area contributed by atoms with Crippen molar-refractivity contribution >= 4 is 11.6 Å². The maximum Gasteiger partial charge on any atom is 0.294 e. The molecule has 0 saturated carbocycles. The van der Waals surface area contributed by atoms with Gasteiger partial charge in [-0.1, -0.05) is 25.1 Å². The Hall–Kier alpha value is -2.30. The van der Waals surface area contributed by atoms with Gasteiger partial charge in [-0.3, -0.25) is 4.79 Å². The van der Waals surface area contributed by atoms with E-state index in [-0.39, 0.29) is 12.0 Å². The summed E-state index contributed by atoms with van der Waals surface area (Å²) in [6.45, 7) is 5.79. The third-order valence-corrected chi connectivity index (χ3v) is 3.00. The van der Waals surface area contributed by atoms with E-state index in [0.717, 1.165) is 12.1 Å². The molecule has 1 amide bonds. The highest BCUT2D eigenvalue weighted by atomic mass is 16.5. The number of hydrogen-bond donors (Lipinski definition) is 2. The highest BCUT2D eigenvalue weighted by molar-refractivity contribution is 6.03. The fourth-order valence-electron chi connectivity index (χ4n) is 1.70. The number of anilines is 1. The second-order valence-corrected chi connectivity index (χ2v) is 4.67. The zero-order valence-electron chi connectivity index (χ0n) is 11.9. The van der Waals surface area contributed by atoms with Gasteiger partial charge in [0.25, 0.3) is 11.9 Å². The van der Waals surface area contributed by atoms with Gasteiger partial charge in [0.1, 0.15) is 0 Å². The zero-order valence-corrected chi connectivity index (χ0v) is 11.9. The number of imidazole rings is 1. The molecular weight excluding hydrogens is 254 g/mol. The number of nitrogens with zero attached hydrogens (tertiary/aromatic N) is 1. The van der Waals surface area contributed by atoms with Gasteiger partial charge in [-0.05, 0) is 32.4 Å². The second-order valence-electron chi connectivity index (χ2n) is 4.67. The number of para-hydroxylation sites is 1. The van der Waals surface area contributed by atoms with Gasteiger partial charge in [0.05, 0.1) is 6.10 Å². The predicted octanol–water partition coefficient (Wildman–Crippen LogP) is 3.15. The van der Waals surface area contributed by atoms with Crippen molar-refractivity contribution in [3.05, 3.63) is 41.7 Å². The molecule has 20 heavy (non-hydrogen) atoms. The third kappa shape index (κ3) is 3.38. The molecule has 0 bridgehead atoms. The molecule has 1 aromatic heterocycles. The molecule has 1 heterocycles. The molecule has 2 N–H and O–H groups in total. The van der Waals surface area contributed by atoms with Crippen molar-refractivity contribution in [2.24, 2.45) is 0 Å². The van der Waals surface area contributed by atoms with Gasteiger partial charge >= 0.3 is 0 Å². The summed E-state index contributed by atoms with van der Waals surface area (Å²) in [5, 5.41) is 2.80. The molecule has 5 heteroatoms. The Bertz CT molecular complexity index is 578. The summed E-state index contributed by atoms with van der Waals surface area (Å²) in [7, 11) is 0. The second kappa shape index (κ2) is 6.23. The number of aromatic nitrogens is 2. The van der Waals surface area contributed by atoms with Crippen LogP contribution in [0.2, 0.25) is 0 Å². The van der Waals surface area contributed by atoms with Crippen LogP contribution in [0.4, 0.5) is 5.69 Å². The van der Waals surface area contributed by atoms with Crippen LogP contribution in [-0.4, -0.2) is 22.0 Å². The Balaban J connectivity index is 2.10. The fraction of sp³-hybridized carbons (Fsp3) is 0.333. The van der Waals surface area contributed by atoms with E-state index in [1.54, 1.807) is 6.92 Å². The lowest BCUT2D eigenvalue weighted by Crippen LogP contribution is -2.14. The summed E-state index contributed by atoms with van der Waals surface area (Å²) in [5.74, 6) is -0.246. The van der Waals surface area contributed by atoms with Crippen molar-refractivity contribution in [2.45, 2.75) is 33.3 Å². The number of aryl methyl sites for hydroxylation is 1. The number of benzene rings is 1. The zero-order chi connectivity index (χ0) is 14.5. The van der Waals surface area contributed by atoms with Crippen LogP contribution < -0.4 is 10.1 Å². The van der Waals surface area contributed by atoms with Gasteiger partial charge in [0.2, 0.25) is 0 Å². The Kier molecular flexibility index (Phi) is 4.40. The van der Waals surface area contributed by atoms with Crippen molar-refractivity contribution in [3.8, 4) is 6.01 Å². The number of rotatable bonds is 5. The average molecular weight is 273 g/mol. The summed E-state index contributed by atoms with van der Waals surface area (Å²) in [6.07, 6.45) is 0.941. The molecular formula is C15H19N3O2. The number of nitrogens with one attached hydrogen (secondary N) is 2. The number of H-pyrrole nitrogens is 1. The van der Waals surface area contributed by atoms with Crippen LogP contribution in [-0.2, 0) is 0 Å². The molecule has 0 aliphatic heterocycles. The van der Waals surface area contributed by atoms with Crippen molar-refractivity contribution in [1.29, 1.82) is 0 Å². The lowest BCUT2D eigenvalue weighted by molar-refractivity contribution is 0.102. The first-order valence-corrected chi connectivity index (χ1v) is 6.69. The summed E-state index contributed by atoms with van der Waals surface area (Å²) in [6, 6.07) is 9.67. The molecule has 0 radical (unpaired) electrons. The maximum absolute atomic E-state index is 12.2. The van der Waals surface area contributed by atoms with E-state index in [1.807, 2.05) is 44.2 Å². The molecule has 1 unspecified atom stereocenters. The number of aromatic amines is 1. The molecule has 5 nitrogen and oxygen atoms in total. The summed E-state index contributed by atoms with van der Waals surface area (Å²) >= 11 is 0. The first kappa shape index (κ1) is 14.1. The number of hydrogen-bond acceptors (Lipinski definition) is 3. The maximum atomic E-state index is 12.2. The molecule has 0 fully saturated rings. The minimum atomic E-state index is -0.246. The molecule has 1 atom stereocenters. The summed E-state index contributed by atoms with van der Waals surface area (Å²) in [5.41, 5.74) is 1.79. The lowest BCUT2D eigenvalue weighted by Gasteiger charge is -2.08. The quantitative estimate of drug-likeness (QED) is 0.879. The van der Waals surface area contributed by atoms with Crippen LogP contribution in [0.1, 0.15) is 36.5 Å². The third-order valence-electron chi connectivity index (χ3n) is 3.00. The fourth-order valence-corrected chi connectivity index (χ4v) is 1.70. The van der Waals surface area contributed by atoms with Gasteiger partial charge in [-0.25, -0.2) is 0 Å².